The molecule has 0 spiro atoms. The standard InChI is InChI=1S/C11H21NO/c1-12-8-7-11(5-2-6-11)13-9-10-3-4-10/h10,12H,2-9H2,1H3. The van der Waals surface area contributed by atoms with E-state index in [-0.39, 0.29) is 5.60 Å². The fraction of sp³-hybridized carbons (Fsp3) is 1.00. The van der Waals surface area contributed by atoms with Crippen molar-refractivity contribution in [3.8, 4) is 0 Å². The van der Waals surface area contributed by atoms with E-state index < -0.39 is 0 Å². The van der Waals surface area contributed by atoms with Crippen LogP contribution in [0.1, 0.15) is 38.5 Å². The van der Waals surface area contributed by atoms with Gasteiger partial charge in [0, 0.05) is 0 Å². The molecular weight excluding hydrogens is 162 g/mol. The lowest BCUT2D eigenvalue weighted by atomic mass is 9.77. The SMILES string of the molecule is CNCCC1(OCC2CC2)CCC1. The first-order valence-electron chi connectivity index (χ1n) is 5.63. The van der Waals surface area contributed by atoms with Gasteiger partial charge in [-0.25, -0.2) is 0 Å². The largest absolute Gasteiger partial charge is 0.375 e. The minimum absolute atomic E-state index is 0.283. The molecule has 0 aromatic carbocycles. The lowest BCUT2D eigenvalue weighted by molar-refractivity contribution is -0.108. The molecule has 0 aromatic rings. The van der Waals surface area contributed by atoms with E-state index in [9.17, 15) is 0 Å². The number of nitrogens with one attached hydrogen (secondary N) is 1. The summed E-state index contributed by atoms with van der Waals surface area (Å²) in [6.45, 7) is 2.13. The second-order valence-corrected chi connectivity index (χ2v) is 4.64. The molecule has 2 heteroatoms. The minimum Gasteiger partial charge on any atom is -0.375 e. The van der Waals surface area contributed by atoms with Gasteiger partial charge in [0.1, 0.15) is 0 Å². The van der Waals surface area contributed by atoms with Crippen LogP contribution >= 0.6 is 0 Å². The third-order valence-corrected chi connectivity index (χ3v) is 3.42. The Morgan fingerprint density at radius 1 is 1.38 bits per heavy atom. The van der Waals surface area contributed by atoms with Crippen LogP contribution in [0.4, 0.5) is 0 Å². The van der Waals surface area contributed by atoms with Crippen LogP contribution in [-0.2, 0) is 4.74 Å². The minimum atomic E-state index is 0.283. The van der Waals surface area contributed by atoms with Gasteiger partial charge in [0.05, 0.1) is 12.2 Å². The first-order chi connectivity index (χ1) is 6.35. The molecule has 0 heterocycles. The van der Waals surface area contributed by atoms with Crippen LogP contribution in [0.15, 0.2) is 0 Å². The highest BCUT2D eigenvalue weighted by Crippen LogP contribution is 2.40. The van der Waals surface area contributed by atoms with E-state index in [1.807, 2.05) is 7.05 Å². The molecule has 2 nitrogen and oxygen atoms in total. The monoisotopic (exact) mass is 183 g/mol. The van der Waals surface area contributed by atoms with Crippen LogP contribution in [0, 0.1) is 5.92 Å². The molecule has 1 N–H and O–H groups in total. The summed E-state index contributed by atoms with van der Waals surface area (Å²) in [5.74, 6) is 0.909. The Morgan fingerprint density at radius 3 is 2.62 bits per heavy atom. The van der Waals surface area contributed by atoms with Crippen LogP contribution in [0.2, 0.25) is 0 Å². The fourth-order valence-corrected chi connectivity index (χ4v) is 1.97. The second kappa shape index (κ2) is 3.97. The van der Waals surface area contributed by atoms with E-state index in [0.717, 1.165) is 19.1 Å². The van der Waals surface area contributed by atoms with Crippen molar-refractivity contribution < 1.29 is 4.74 Å². The molecule has 13 heavy (non-hydrogen) atoms. The third kappa shape index (κ3) is 2.44. The zero-order chi connectivity index (χ0) is 9.15. The summed E-state index contributed by atoms with van der Waals surface area (Å²) in [5.41, 5.74) is 0.283. The van der Waals surface area contributed by atoms with Crippen LogP contribution in [0.3, 0.4) is 0 Å². The average molecular weight is 183 g/mol. The summed E-state index contributed by atoms with van der Waals surface area (Å²) >= 11 is 0. The summed E-state index contributed by atoms with van der Waals surface area (Å²) in [7, 11) is 2.02. The maximum atomic E-state index is 6.05. The maximum Gasteiger partial charge on any atom is 0.0694 e. The van der Waals surface area contributed by atoms with Gasteiger partial charge >= 0.3 is 0 Å². The quantitative estimate of drug-likeness (QED) is 0.679. The van der Waals surface area contributed by atoms with E-state index in [1.165, 1.54) is 38.5 Å². The van der Waals surface area contributed by atoms with Crippen molar-refractivity contribution in [3.05, 3.63) is 0 Å². The average Bonchev–Trinajstić information content (AvgIpc) is 2.86. The first kappa shape index (κ1) is 9.47. The van der Waals surface area contributed by atoms with Crippen LogP contribution in [-0.4, -0.2) is 25.8 Å². The predicted molar refractivity (Wildman–Crippen MR) is 53.8 cm³/mol. The van der Waals surface area contributed by atoms with Crippen molar-refractivity contribution in [2.75, 3.05) is 20.2 Å². The molecule has 2 aliphatic rings. The molecule has 0 saturated heterocycles. The molecule has 0 aliphatic heterocycles. The molecule has 2 saturated carbocycles. The molecule has 0 aromatic heterocycles. The second-order valence-electron chi connectivity index (χ2n) is 4.64. The highest BCUT2D eigenvalue weighted by Gasteiger charge is 2.38. The Kier molecular flexibility index (Phi) is 2.89. The number of hydrogen-bond donors (Lipinski definition) is 1. The van der Waals surface area contributed by atoms with E-state index in [1.54, 1.807) is 0 Å². The van der Waals surface area contributed by atoms with Crippen molar-refractivity contribution in [2.24, 2.45) is 5.92 Å². The molecule has 0 bridgehead atoms. The highest BCUT2D eigenvalue weighted by atomic mass is 16.5. The molecule has 2 aliphatic carbocycles. The first-order valence-corrected chi connectivity index (χ1v) is 5.63. The third-order valence-electron chi connectivity index (χ3n) is 3.42. The van der Waals surface area contributed by atoms with Gasteiger partial charge in [0.2, 0.25) is 0 Å². The Balaban J connectivity index is 1.69. The Bertz CT molecular complexity index is 161. The molecule has 2 rings (SSSR count). The summed E-state index contributed by atoms with van der Waals surface area (Å²) in [4.78, 5) is 0. The topological polar surface area (TPSA) is 21.3 Å². The fourth-order valence-electron chi connectivity index (χ4n) is 1.97. The van der Waals surface area contributed by atoms with E-state index in [4.69, 9.17) is 4.74 Å². The van der Waals surface area contributed by atoms with E-state index in [0.29, 0.717) is 0 Å². The van der Waals surface area contributed by atoms with E-state index in [2.05, 4.69) is 5.32 Å². The smallest absolute Gasteiger partial charge is 0.0694 e. The molecule has 0 atom stereocenters. The predicted octanol–water partition coefficient (Wildman–Crippen LogP) is 1.95. The summed E-state index contributed by atoms with van der Waals surface area (Å²) < 4.78 is 6.05. The Morgan fingerprint density at radius 2 is 2.15 bits per heavy atom. The maximum absolute atomic E-state index is 6.05. The van der Waals surface area contributed by atoms with Gasteiger partial charge in [0.25, 0.3) is 0 Å². The zero-order valence-electron chi connectivity index (χ0n) is 8.64. The van der Waals surface area contributed by atoms with Crippen molar-refractivity contribution >= 4 is 0 Å². The van der Waals surface area contributed by atoms with Gasteiger partial charge in [-0.15, -0.1) is 0 Å². The van der Waals surface area contributed by atoms with Crippen molar-refractivity contribution in [3.63, 3.8) is 0 Å². The van der Waals surface area contributed by atoms with Crippen molar-refractivity contribution in [1.29, 1.82) is 0 Å². The molecule has 76 valence electrons. The van der Waals surface area contributed by atoms with Crippen LogP contribution in [0.25, 0.3) is 0 Å². The van der Waals surface area contributed by atoms with Gasteiger partial charge < -0.3 is 10.1 Å². The normalized spacial score (nSPS) is 25.6. The van der Waals surface area contributed by atoms with Gasteiger partial charge in [0.15, 0.2) is 0 Å². The molecule has 0 radical (unpaired) electrons. The van der Waals surface area contributed by atoms with E-state index >= 15 is 0 Å². The lowest BCUT2D eigenvalue weighted by Gasteiger charge is -2.42. The molecular formula is C11H21NO. The van der Waals surface area contributed by atoms with Gasteiger partial charge in [-0.3, -0.25) is 0 Å². The summed E-state index contributed by atoms with van der Waals surface area (Å²) in [6.07, 6.45) is 7.97. The molecule has 0 unspecified atom stereocenters. The number of rotatable bonds is 6. The highest BCUT2D eigenvalue weighted by molar-refractivity contribution is 4.91. The molecule has 0 amide bonds. The van der Waals surface area contributed by atoms with Crippen LogP contribution in [0.5, 0.6) is 0 Å². The summed E-state index contributed by atoms with van der Waals surface area (Å²) in [5, 5.41) is 3.21. The van der Waals surface area contributed by atoms with Crippen LogP contribution < -0.4 is 5.32 Å². The summed E-state index contributed by atoms with van der Waals surface area (Å²) in [6, 6.07) is 0. The van der Waals surface area contributed by atoms with Gasteiger partial charge in [-0.05, 0) is 58.0 Å². The number of hydrogen-bond acceptors (Lipinski definition) is 2. The van der Waals surface area contributed by atoms with Gasteiger partial charge in [-0.2, -0.15) is 0 Å². The van der Waals surface area contributed by atoms with Crippen molar-refractivity contribution in [1.82, 2.24) is 5.32 Å². The number of ether oxygens (including phenoxy) is 1. The van der Waals surface area contributed by atoms with Gasteiger partial charge in [-0.1, -0.05) is 0 Å². The lowest BCUT2D eigenvalue weighted by Crippen LogP contribution is -2.42. The Hall–Kier alpha value is -0.0800. The zero-order valence-corrected chi connectivity index (χ0v) is 8.64. The van der Waals surface area contributed by atoms with Crippen molar-refractivity contribution in [2.45, 2.75) is 44.1 Å². The Labute approximate surface area is 81.0 Å². The molecule has 2 fully saturated rings.